The Hall–Kier alpha value is -1.40. The highest BCUT2D eigenvalue weighted by molar-refractivity contribution is 5.22. The number of rotatable bonds is 4. The molecule has 0 radical (unpaired) electrons. The third-order valence-electron chi connectivity index (χ3n) is 2.13. The van der Waals surface area contributed by atoms with Crippen LogP contribution >= 0.6 is 0 Å². The molecule has 3 heteroatoms. The number of aryl methyl sites for hydroxylation is 1. The van der Waals surface area contributed by atoms with E-state index in [9.17, 15) is 0 Å². The predicted molar refractivity (Wildman–Crippen MR) is 60.2 cm³/mol. The van der Waals surface area contributed by atoms with E-state index in [1.165, 1.54) is 0 Å². The number of pyridine rings is 1. The fraction of sp³-hybridized carbons (Fsp3) is 0.500. The average molecular weight is 203 g/mol. The molecule has 0 aliphatic rings. The molecule has 80 valence electrons. The highest BCUT2D eigenvalue weighted by Crippen LogP contribution is 2.11. The summed E-state index contributed by atoms with van der Waals surface area (Å²) in [4.78, 5) is 4.18. The van der Waals surface area contributed by atoms with Gasteiger partial charge in [0.15, 0.2) is 0 Å². The summed E-state index contributed by atoms with van der Waals surface area (Å²) in [5, 5.41) is 12.2. The van der Waals surface area contributed by atoms with Crippen LogP contribution < -0.4 is 5.32 Å². The van der Waals surface area contributed by atoms with E-state index in [0.717, 1.165) is 17.8 Å². The van der Waals surface area contributed by atoms with E-state index in [0.29, 0.717) is 5.92 Å². The van der Waals surface area contributed by atoms with Crippen molar-refractivity contribution in [1.29, 1.82) is 5.26 Å². The van der Waals surface area contributed by atoms with Gasteiger partial charge in [0.25, 0.3) is 0 Å². The molecular formula is C12H17N3. The fourth-order valence-electron chi connectivity index (χ4n) is 1.24. The molecule has 0 spiro atoms. The van der Waals surface area contributed by atoms with Crippen molar-refractivity contribution in [2.45, 2.75) is 26.8 Å². The molecule has 1 rings (SSSR count). The minimum Gasteiger partial charge on any atom is -0.298 e. The van der Waals surface area contributed by atoms with E-state index in [1.54, 1.807) is 6.20 Å². The molecule has 0 aromatic carbocycles. The smallest absolute Gasteiger partial charge is 0.122 e. The van der Waals surface area contributed by atoms with Crippen LogP contribution in [-0.2, 0) is 0 Å². The first-order valence-corrected chi connectivity index (χ1v) is 5.19. The maximum absolute atomic E-state index is 9.02. The molecule has 1 aromatic rings. The number of hydrogen-bond donors (Lipinski definition) is 1. The third-order valence-corrected chi connectivity index (χ3v) is 2.13. The van der Waals surface area contributed by atoms with E-state index >= 15 is 0 Å². The second-order valence-electron chi connectivity index (χ2n) is 4.10. The molecule has 0 aliphatic carbocycles. The Balaban J connectivity index is 2.67. The zero-order valence-corrected chi connectivity index (χ0v) is 9.49. The third kappa shape index (κ3) is 3.69. The van der Waals surface area contributed by atoms with Gasteiger partial charge in [-0.1, -0.05) is 19.9 Å². The van der Waals surface area contributed by atoms with Crippen LogP contribution in [0.1, 0.15) is 31.1 Å². The van der Waals surface area contributed by atoms with Gasteiger partial charge in [0.05, 0.1) is 6.07 Å². The molecule has 0 amide bonds. The van der Waals surface area contributed by atoms with Crippen molar-refractivity contribution in [3.63, 3.8) is 0 Å². The summed E-state index contributed by atoms with van der Waals surface area (Å²) >= 11 is 0. The van der Waals surface area contributed by atoms with Crippen molar-refractivity contribution in [1.82, 2.24) is 10.3 Å². The molecule has 0 fully saturated rings. The van der Waals surface area contributed by atoms with Gasteiger partial charge in [-0.3, -0.25) is 10.3 Å². The van der Waals surface area contributed by atoms with Gasteiger partial charge >= 0.3 is 0 Å². The van der Waals surface area contributed by atoms with Crippen molar-refractivity contribution in [3.05, 3.63) is 29.6 Å². The molecule has 0 saturated heterocycles. The van der Waals surface area contributed by atoms with Crippen molar-refractivity contribution < 1.29 is 0 Å². The molecule has 1 N–H and O–H groups in total. The molecule has 1 aromatic heterocycles. The average Bonchev–Trinajstić information content (AvgIpc) is 2.21. The lowest BCUT2D eigenvalue weighted by Gasteiger charge is -2.13. The van der Waals surface area contributed by atoms with Gasteiger partial charge in [-0.15, -0.1) is 0 Å². The Labute approximate surface area is 91.1 Å². The second kappa shape index (κ2) is 5.47. The molecular weight excluding hydrogens is 186 g/mol. The zero-order chi connectivity index (χ0) is 11.3. The summed E-state index contributed by atoms with van der Waals surface area (Å²) in [6.07, 6.45) is 1.76. The largest absolute Gasteiger partial charge is 0.298 e. The Morgan fingerprint density at radius 3 is 2.67 bits per heavy atom. The van der Waals surface area contributed by atoms with Crippen LogP contribution in [0.5, 0.6) is 0 Å². The summed E-state index contributed by atoms with van der Waals surface area (Å²) in [6.45, 7) is 7.02. The van der Waals surface area contributed by atoms with E-state index in [4.69, 9.17) is 5.26 Å². The van der Waals surface area contributed by atoms with E-state index in [2.05, 4.69) is 30.2 Å². The van der Waals surface area contributed by atoms with Gasteiger partial charge in [-0.05, 0) is 25.5 Å². The highest BCUT2D eigenvalue weighted by Gasteiger charge is 2.09. The van der Waals surface area contributed by atoms with Gasteiger partial charge in [0.2, 0.25) is 0 Å². The lowest BCUT2D eigenvalue weighted by atomic mass is 10.1. The van der Waals surface area contributed by atoms with Crippen LogP contribution in [0.2, 0.25) is 0 Å². The van der Waals surface area contributed by atoms with Crippen molar-refractivity contribution in [2.75, 3.05) is 6.54 Å². The second-order valence-corrected chi connectivity index (χ2v) is 4.10. The Kier molecular flexibility index (Phi) is 4.26. The first-order chi connectivity index (χ1) is 7.13. The van der Waals surface area contributed by atoms with Gasteiger partial charge in [0, 0.05) is 17.5 Å². The quantitative estimate of drug-likeness (QED) is 0.816. The summed E-state index contributed by atoms with van der Waals surface area (Å²) in [5.74, 6) is 0.541. The monoisotopic (exact) mass is 203 g/mol. The molecule has 3 nitrogen and oxygen atoms in total. The maximum Gasteiger partial charge on any atom is 0.122 e. The SMILES string of the molecule is Cc1ccc(C(C#N)NCC(C)C)cn1. The molecule has 0 aliphatic heterocycles. The summed E-state index contributed by atoms with van der Waals surface area (Å²) in [7, 11) is 0. The summed E-state index contributed by atoms with van der Waals surface area (Å²) < 4.78 is 0. The first kappa shape index (κ1) is 11.7. The Bertz CT molecular complexity index is 335. The predicted octanol–water partition coefficient (Wildman–Crippen LogP) is 2.20. The Morgan fingerprint density at radius 2 is 2.20 bits per heavy atom. The number of aromatic nitrogens is 1. The van der Waals surface area contributed by atoms with Crippen LogP contribution in [0.25, 0.3) is 0 Å². The van der Waals surface area contributed by atoms with Crippen LogP contribution in [0.4, 0.5) is 0 Å². The van der Waals surface area contributed by atoms with E-state index < -0.39 is 0 Å². The van der Waals surface area contributed by atoms with Gasteiger partial charge < -0.3 is 0 Å². The minimum atomic E-state index is -0.250. The molecule has 0 bridgehead atoms. The maximum atomic E-state index is 9.02. The standard InChI is InChI=1S/C12H17N3/c1-9(2)7-15-12(6-13)11-5-4-10(3)14-8-11/h4-5,8-9,12,15H,7H2,1-3H3. The molecule has 1 atom stereocenters. The van der Waals surface area contributed by atoms with Crippen molar-refractivity contribution in [3.8, 4) is 6.07 Å². The van der Waals surface area contributed by atoms with E-state index in [1.807, 2.05) is 19.1 Å². The van der Waals surface area contributed by atoms with Crippen LogP contribution in [0.15, 0.2) is 18.3 Å². The molecule has 15 heavy (non-hydrogen) atoms. The minimum absolute atomic E-state index is 0.250. The first-order valence-electron chi connectivity index (χ1n) is 5.19. The normalized spacial score (nSPS) is 12.5. The molecule has 1 heterocycles. The van der Waals surface area contributed by atoms with Crippen molar-refractivity contribution in [2.24, 2.45) is 5.92 Å². The highest BCUT2D eigenvalue weighted by atomic mass is 14.9. The molecule has 1 unspecified atom stereocenters. The number of hydrogen-bond acceptors (Lipinski definition) is 3. The van der Waals surface area contributed by atoms with E-state index in [-0.39, 0.29) is 6.04 Å². The van der Waals surface area contributed by atoms with Crippen LogP contribution in [0.3, 0.4) is 0 Å². The van der Waals surface area contributed by atoms with Gasteiger partial charge in [-0.2, -0.15) is 5.26 Å². The number of nitrogens with one attached hydrogen (secondary N) is 1. The Morgan fingerprint density at radius 1 is 1.47 bits per heavy atom. The van der Waals surface area contributed by atoms with Crippen molar-refractivity contribution >= 4 is 0 Å². The lowest BCUT2D eigenvalue weighted by Crippen LogP contribution is -2.24. The van der Waals surface area contributed by atoms with Gasteiger partial charge in [-0.25, -0.2) is 0 Å². The van der Waals surface area contributed by atoms with Gasteiger partial charge in [0.1, 0.15) is 6.04 Å². The fourth-order valence-corrected chi connectivity index (χ4v) is 1.24. The lowest BCUT2D eigenvalue weighted by molar-refractivity contribution is 0.524. The van der Waals surface area contributed by atoms with Crippen LogP contribution in [0, 0.1) is 24.2 Å². The molecule has 0 saturated carbocycles. The number of nitriles is 1. The number of nitrogens with zero attached hydrogens (tertiary/aromatic N) is 2. The van der Waals surface area contributed by atoms with Crippen LogP contribution in [-0.4, -0.2) is 11.5 Å². The topological polar surface area (TPSA) is 48.7 Å². The summed E-state index contributed by atoms with van der Waals surface area (Å²) in [5.41, 5.74) is 1.91. The zero-order valence-electron chi connectivity index (χ0n) is 9.49. The summed E-state index contributed by atoms with van der Waals surface area (Å²) in [6, 6.07) is 5.87.